The van der Waals surface area contributed by atoms with E-state index in [0.29, 0.717) is 17.9 Å². The Kier molecular flexibility index (Phi) is 6.14. The van der Waals surface area contributed by atoms with Gasteiger partial charge >= 0.3 is 0 Å². The first-order chi connectivity index (χ1) is 11.5. The van der Waals surface area contributed by atoms with Gasteiger partial charge in [0.2, 0.25) is 0 Å². The van der Waals surface area contributed by atoms with Gasteiger partial charge in [-0.25, -0.2) is 0 Å². The molecule has 0 aliphatic rings. The number of rotatable bonds is 5. The van der Waals surface area contributed by atoms with Crippen LogP contribution in [0, 0.1) is 6.92 Å². The number of aryl methyl sites for hydroxylation is 1. The molecule has 0 aliphatic carbocycles. The number of nitrogens with one attached hydrogen (secondary N) is 2. The molecule has 0 unspecified atom stereocenters. The molecule has 0 heterocycles. The lowest BCUT2D eigenvalue weighted by Crippen LogP contribution is -2.34. The minimum absolute atomic E-state index is 0.215. The Bertz CT molecular complexity index is 730. The van der Waals surface area contributed by atoms with Crippen LogP contribution in [0.4, 0.5) is 5.69 Å². The monoisotopic (exact) mass is 344 g/mol. The van der Waals surface area contributed by atoms with Gasteiger partial charge in [0.15, 0.2) is 5.11 Å². The van der Waals surface area contributed by atoms with Crippen molar-refractivity contribution in [3.8, 4) is 11.5 Å². The maximum atomic E-state index is 12.4. The number of anilines is 1. The van der Waals surface area contributed by atoms with Crippen LogP contribution in [0.1, 0.15) is 22.8 Å². The highest BCUT2D eigenvalue weighted by atomic mass is 32.1. The molecule has 0 bridgehead atoms. The summed E-state index contributed by atoms with van der Waals surface area (Å²) in [6.07, 6.45) is 0. The second-order valence-corrected chi connectivity index (χ2v) is 5.43. The topological polar surface area (TPSA) is 59.6 Å². The third-order valence-corrected chi connectivity index (χ3v) is 3.52. The molecule has 0 saturated carbocycles. The Labute approximate surface area is 147 Å². The number of amides is 1. The van der Waals surface area contributed by atoms with Crippen molar-refractivity contribution in [1.29, 1.82) is 0 Å². The van der Waals surface area contributed by atoms with Crippen LogP contribution in [-0.4, -0.2) is 24.7 Å². The second-order valence-electron chi connectivity index (χ2n) is 5.02. The minimum atomic E-state index is -0.320. The van der Waals surface area contributed by atoms with E-state index < -0.39 is 0 Å². The summed E-state index contributed by atoms with van der Waals surface area (Å²) in [5.41, 5.74) is 2.09. The fraction of sp³-hybridized carbons (Fsp3) is 0.222. The Morgan fingerprint density at radius 1 is 1.17 bits per heavy atom. The molecule has 2 N–H and O–H groups in total. The SMILES string of the molecule is CCOc1ccc(NC(=S)NC(=O)c2cccc(C)c2OC)cc1. The quantitative estimate of drug-likeness (QED) is 0.813. The zero-order chi connectivity index (χ0) is 17.5. The Balaban J connectivity index is 2.02. The molecule has 2 rings (SSSR count). The van der Waals surface area contributed by atoms with Gasteiger partial charge in [-0.2, -0.15) is 0 Å². The van der Waals surface area contributed by atoms with Crippen LogP contribution in [0.25, 0.3) is 0 Å². The van der Waals surface area contributed by atoms with Crippen molar-refractivity contribution < 1.29 is 14.3 Å². The normalized spacial score (nSPS) is 9.96. The van der Waals surface area contributed by atoms with E-state index in [4.69, 9.17) is 21.7 Å². The van der Waals surface area contributed by atoms with Gasteiger partial charge < -0.3 is 14.8 Å². The third kappa shape index (κ3) is 4.45. The van der Waals surface area contributed by atoms with Crippen molar-refractivity contribution in [3.05, 3.63) is 53.6 Å². The van der Waals surface area contributed by atoms with Gasteiger partial charge in [0.25, 0.3) is 5.91 Å². The molecule has 2 aromatic carbocycles. The van der Waals surface area contributed by atoms with E-state index in [1.807, 2.05) is 44.2 Å². The molecule has 24 heavy (non-hydrogen) atoms. The summed E-state index contributed by atoms with van der Waals surface area (Å²) in [6, 6.07) is 12.7. The number of carbonyl (C=O) groups is 1. The van der Waals surface area contributed by atoms with Crippen molar-refractivity contribution in [2.45, 2.75) is 13.8 Å². The van der Waals surface area contributed by atoms with Gasteiger partial charge in [-0.3, -0.25) is 10.1 Å². The van der Waals surface area contributed by atoms with Crippen LogP contribution < -0.4 is 20.1 Å². The van der Waals surface area contributed by atoms with E-state index in [0.717, 1.165) is 17.0 Å². The number of carbonyl (C=O) groups excluding carboxylic acids is 1. The maximum Gasteiger partial charge on any atom is 0.261 e. The van der Waals surface area contributed by atoms with E-state index in [9.17, 15) is 4.79 Å². The zero-order valence-electron chi connectivity index (χ0n) is 13.9. The lowest BCUT2D eigenvalue weighted by Gasteiger charge is -2.13. The van der Waals surface area contributed by atoms with E-state index in [-0.39, 0.29) is 11.0 Å². The molecule has 0 aromatic heterocycles. The molecule has 0 spiro atoms. The molecule has 0 atom stereocenters. The second kappa shape index (κ2) is 8.31. The predicted octanol–water partition coefficient (Wildman–Crippen LogP) is 3.53. The van der Waals surface area contributed by atoms with Crippen LogP contribution in [0.15, 0.2) is 42.5 Å². The number of hydrogen-bond donors (Lipinski definition) is 2. The minimum Gasteiger partial charge on any atom is -0.496 e. The van der Waals surface area contributed by atoms with Crippen LogP contribution in [0.3, 0.4) is 0 Å². The lowest BCUT2D eigenvalue weighted by atomic mass is 10.1. The molecule has 0 fully saturated rings. The van der Waals surface area contributed by atoms with E-state index in [2.05, 4.69) is 10.6 Å². The average molecular weight is 344 g/mol. The summed E-state index contributed by atoms with van der Waals surface area (Å²) in [5.74, 6) is 1.00. The Morgan fingerprint density at radius 3 is 2.50 bits per heavy atom. The molecule has 5 nitrogen and oxygen atoms in total. The van der Waals surface area contributed by atoms with Crippen LogP contribution in [0.2, 0.25) is 0 Å². The smallest absolute Gasteiger partial charge is 0.261 e. The van der Waals surface area contributed by atoms with Crippen LogP contribution >= 0.6 is 12.2 Å². The number of thiocarbonyl (C=S) groups is 1. The van der Waals surface area contributed by atoms with Gasteiger partial charge in [0, 0.05) is 5.69 Å². The summed E-state index contributed by atoms with van der Waals surface area (Å²) in [4.78, 5) is 12.4. The van der Waals surface area contributed by atoms with E-state index in [1.165, 1.54) is 7.11 Å². The van der Waals surface area contributed by atoms with Crippen LogP contribution in [0.5, 0.6) is 11.5 Å². The fourth-order valence-corrected chi connectivity index (χ4v) is 2.45. The molecule has 2 aromatic rings. The van der Waals surface area contributed by atoms with Crippen molar-refractivity contribution in [1.82, 2.24) is 5.32 Å². The van der Waals surface area contributed by atoms with Gasteiger partial charge in [-0.15, -0.1) is 0 Å². The molecule has 126 valence electrons. The molecular weight excluding hydrogens is 324 g/mol. The average Bonchev–Trinajstić information content (AvgIpc) is 2.56. The molecule has 0 saturated heterocycles. The first kappa shape index (κ1) is 17.7. The van der Waals surface area contributed by atoms with Crippen molar-refractivity contribution in [2.75, 3.05) is 19.0 Å². The number of hydrogen-bond acceptors (Lipinski definition) is 4. The molecular formula is C18H20N2O3S. The highest BCUT2D eigenvalue weighted by Crippen LogP contribution is 2.22. The summed E-state index contributed by atoms with van der Waals surface area (Å²) in [7, 11) is 1.54. The third-order valence-electron chi connectivity index (χ3n) is 3.31. The molecule has 0 radical (unpaired) electrons. The van der Waals surface area contributed by atoms with E-state index >= 15 is 0 Å². The summed E-state index contributed by atoms with van der Waals surface area (Å²) in [6.45, 7) is 4.42. The highest BCUT2D eigenvalue weighted by Gasteiger charge is 2.15. The Hall–Kier alpha value is -2.60. The first-order valence-corrected chi connectivity index (χ1v) is 7.94. The Morgan fingerprint density at radius 2 is 1.88 bits per heavy atom. The van der Waals surface area contributed by atoms with E-state index in [1.54, 1.807) is 12.1 Å². The summed E-state index contributed by atoms with van der Waals surface area (Å²) < 4.78 is 10.7. The van der Waals surface area contributed by atoms with Crippen molar-refractivity contribution >= 4 is 28.9 Å². The number of benzene rings is 2. The standard InChI is InChI=1S/C18H20N2O3S/c1-4-23-14-10-8-13(9-11-14)19-18(24)20-17(21)15-7-5-6-12(2)16(15)22-3/h5-11H,4H2,1-3H3,(H2,19,20,21,24). The van der Waals surface area contributed by atoms with Crippen molar-refractivity contribution in [2.24, 2.45) is 0 Å². The molecule has 1 amide bonds. The highest BCUT2D eigenvalue weighted by molar-refractivity contribution is 7.80. The summed E-state index contributed by atoms with van der Waals surface area (Å²) in [5, 5.41) is 5.84. The number of para-hydroxylation sites is 1. The zero-order valence-corrected chi connectivity index (χ0v) is 14.7. The fourth-order valence-electron chi connectivity index (χ4n) is 2.24. The predicted molar refractivity (Wildman–Crippen MR) is 99.0 cm³/mol. The number of methoxy groups -OCH3 is 1. The van der Waals surface area contributed by atoms with Crippen LogP contribution in [-0.2, 0) is 0 Å². The largest absolute Gasteiger partial charge is 0.496 e. The number of ether oxygens (including phenoxy) is 2. The first-order valence-electron chi connectivity index (χ1n) is 7.54. The van der Waals surface area contributed by atoms with Gasteiger partial charge in [-0.05, 0) is 62.0 Å². The van der Waals surface area contributed by atoms with Gasteiger partial charge in [0.05, 0.1) is 19.3 Å². The molecule has 0 aliphatic heterocycles. The van der Waals surface area contributed by atoms with Gasteiger partial charge in [-0.1, -0.05) is 12.1 Å². The van der Waals surface area contributed by atoms with Gasteiger partial charge in [0.1, 0.15) is 11.5 Å². The lowest BCUT2D eigenvalue weighted by molar-refractivity contribution is 0.0974. The maximum absolute atomic E-state index is 12.4. The summed E-state index contributed by atoms with van der Waals surface area (Å²) >= 11 is 5.19. The molecule has 6 heteroatoms. The van der Waals surface area contributed by atoms with Crippen molar-refractivity contribution in [3.63, 3.8) is 0 Å².